The third-order valence-electron chi connectivity index (χ3n) is 2.02. The van der Waals surface area contributed by atoms with E-state index in [1.165, 1.54) is 0 Å². The van der Waals surface area contributed by atoms with Gasteiger partial charge in [0, 0.05) is 6.61 Å². The van der Waals surface area contributed by atoms with E-state index in [1.54, 1.807) is 0 Å². The van der Waals surface area contributed by atoms with Gasteiger partial charge in [-0.25, -0.2) is 0 Å². The number of hydrogen-bond donors (Lipinski definition) is 0. The minimum absolute atomic E-state index is 0.663. The van der Waals surface area contributed by atoms with E-state index in [4.69, 9.17) is 4.43 Å². The first kappa shape index (κ1) is 12.4. The monoisotopic (exact) mass is 205 g/mol. The molecule has 0 aliphatic carbocycles. The summed E-state index contributed by atoms with van der Waals surface area (Å²) in [5.74, 6) is 0. The lowest BCUT2D eigenvalue weighted by Crippen LogP contribution is -2.50. The summed E-state index contributed by atoms with van der Waals surface area (Å²) in [6.07, 6.45) is 0. The molecule has 0 aromatic carbocycles. The van der Waals surface area contributed by atoms with Crippen molar-refractivity contribution in [2.45, 2.75) is 46.5 Å². The third-order valence-corrected chi connectivity index (χ3v) is 9.11. The van der Waals surface area contributed by atoms with E-state index in [1.807, 2.05) is 0 Å². The molecule has 0 aliphatic rings. The molecule has 0 aliphatic heterocycles. The van der Waals surface area contributed by atoms with Crippen molar-refractivity contribution in [3.8, 4) is 0 Å². The molecule has 12 heavy (non-hydrogen) atoms. The first-order valence-corrected chi connectivity index (χ1v) is 9.86. The van der Waals surface area contributed by atoms with Crippen LogP contribution in [0.5, 0.6) is 0 Å². The zero-order valence-electron chi connectivity index (χ0n) is 9.29. The summed E-state index contributed by atoms with van der Waals surface area (Å²) in [4.78, 5) is 0. The van der Waals surface area contributed by atoms with Gasteiger partial charge in [-0.3, -0.25) is 0 Å². The molecule has 0 heterocycles. The Balaban J connectivity index is 4.09. The van der Waals surface area contributed by atoms with Gasteiger partial charge in [0.15, 0.2) is 0 Å². The fourth-order valence-electron chi connectivity index (χ4n) is 1.76. The van der Waals surface area contributed by atoms with Crippen molar-refractivity contribution in [3.05, 3.63) is 0 Å². The van der Waals surface area contributed by atoms with Crippen molar-refractivity contribution in [3.63, 3.8) is 0 Å². The Morgan fingerprint density at radius 1 is 1.25 bits per heavy atom. The highest BCUT2D eigenvalue weighted by atomic mass is 28.4. The first-order valence-electron chi connectivity index (χ1n) is 4.89. The van der Waals surface area contributed by atoms with E-state index < -0.39 is 18.2 Å². The maximum absolute atomic E-state index is 5.73. The van der Waals surface area contributed by atoms with E-state index in [2.05, 4.69) is 44.6 Å². The van der Waals surface area contributed by atoms with Gasteiger partial charge < -0.3 is 8.66 Å². The summed E-state index contributed by atoms with van der Waals surface area (Å²) in [6.45, 7) is 14.5. The average molecular weight is 205 g/mol. The largest absolute Gasteiger partial charge is 0.406 e. The summed E-state index contributed by atoms with van der Waals surface area (Å²) in [5.41, 5.74) is 0. The van der Waals surface area contributed by atoms with Gasteiger partial charge in [0.1, 0.15) is 8.96 Å². The molecule has 0 saturated carbocycles. The molecule has 0 spiro atoms. The molecule has 0 amide bonds. The van der Waals surface area contributed by atoms with Gasteiger partial charge in [0.25, 0.3) is 0 Å². The van der Waals surface area contributed by atoms with Gasteiger partial charge in [-0.2, -0.15) is 0 Å². The quantitative estimate of drug-likeness (QED) is 0.632. The van der Waals surface area contributed by atoms with Crippen molar-refractivity contribution in [1.82, 2.24) is 4.23 Å². The van der Waals surface area contributed by atoms with Crippen LogP contribution in [0.2, 0.25) is 19.6 Å². The van der Waals surface area contributed by atoms with Gasteiger partial charge in [0.2, 0.25) is 9.20 Å². The molecule has 4 heteroatoms. The van der Waals surface area contributed by atoms with Crippen LogP contribution >= 0.6 is 0 Å². The second kappa shape index (κ2) is 5.91. The van der Waals surface area contributed by atoms with Crippen LogP contribution in [0.25, 0.3) is 0 Å². The molecule has 0 N–H and O–H groups in total. The number of rotatable bonds is 5. The van der Waals surface area contributed by atoms with Crippen LogP contribution in [0.3, 0.4) is 0 Å². The van der Waals surface area contributed by atoms with Gasteiger partial charge in [-0.1, -0.05) is 26.9 Å². The molecular formula is C8H23NOSi2. The lowest BCUT2D eigenvalue weighted by Gasteiger charge is -2.34. The standard InChI is InChI=1S/C8H23NOSi2/c1-7-10-12(6)9(8(2)3)11(4)5/h8,11-12H,7H2,1-6H3. The van der Waals surface area contributed by atoms with Crippen LogP contribution in [0.1, 0.15) is 20.8 Å². The Kier molecular flexibility index (Phi) is 6.08. The number of hydrogen-bond acceptors (Lipinski definition) is 2. The van der Waals surface area contributed by atoms with E-state index in [0.717, 1.165) is 6.61 Å². The second-order valence-electron chi connectivity index (χ2n) is 3.69. The highest BCUT2D eigenvalue weighted by Gasteiger charge is 2.22. The Morgan fingerprint density at radius 2 is 1.75 bits per heavy atom. The van der Waals surface area contributed by atoms with Crippen LogP contribution in [-0.4, -0.2) is 35.0 Å². The van der Waals surface area contributed by atoms with Gasteiger partial charge in [-0.05, 0) is 19.5 Å². The maximum Gasteiger partial charge on any atom is 0.245 e. The first-order chi connectivity index (χ1) is 5.50. The Hall–Kier alpha value is 0.354. The fourth-order valence-corrected chi connectivity index (χ4v) is 8.07. The summed E-state index contributed by atoms with van der Waals surface area (Å²) in [6, 6.07) is 0.671. The summed E-state index contributed by atoms with van der Waals surface area (Å²) in [7, 11) is -1.70. The SMILES string of the molecule is CCO[SiH](C)N(C(C)C)[SiH](C)C. The van der Waals surface area contributed by atoms with Crippen LogP contribution in [0.15, 0.2) is 0 Å². The molecular weight excluding hydrogens is 182 g/mol. The topological polar surface area (TPSA) is 12.5 Å². The fraction of sp³-hybridized carbons (Fsp3) is 1.00. The molecule has 0 rings (SSSR count). The Morgan fingerprint density at radius 3 is 2.00 bits per heavy atom. The minimum atomic E-state index is -1.04. The molecule has 0 bridgehead atoms. The summed E-state index contributed by atoms with van der Waals surface area (Å²) in [5, 5.41) is 0. The van der Waals surface area contributed by atoms with Crippen LogP contribution < -0.4 is 0 Å². The molecule has 1 unspecified atom stereocenters. The van der Waals surface area contributed by atoms with Crippen LogP contribution in [0, 0.1) is 0 Å². The highest BCUT2D eigenvalue weighted by Crippen LogP contribution is 2.06. The maximum atomic E-state index is 5.73. The zero-order valence-corrected chi connectivity index (χ0v) is 11.6. The molecule has 0 aromatic heterocycles. The van der Waals surface area contributed by atoms with Crippen molar-refractivity contribution in [2.24, 2.45) is 0 Å². The molecule has 0 saturated heterocycles. The van der Waals surface area contributed by atoms with Crippen molar-refractivity contribution in [1.29, 1.82) is 0 Å². The lowest BCUT2D eigenvalue weighted by molar-refractivity contribution is 0.302. The minimum Gasteiger partial charge on any atom is -0.406 e. The van der Waals surface area contributed by atoms with Crippen LogP contribution in [-0.2, 0) is 4.43 Å². The summed E-state index contributed by atoms with van der Waals surface area (Å²) < 4.78 is 8.37. The molecule has 0 aromatic rings. The highest BCUT2D eigenvalue weighted by molar-refractivity contribution is 6.67. The molecule has 0 radical (unpaired) electrons. The Labute approximate surface area is 80.4 Å². The van der Waals surface area contributed by atoms with Crippen molar-refractivity contribution < 1.29 is 4.43 Å². The van der Waals surface area contributed by atoms with E-state index >= 15 is 0 Å². The van der Waals surface area contributed by atoms with E-state index in [-0.39, 0.29) is 0 Å². The Bertz CT molecular complexity index is 112. The summed E-state index contributed by atoms with van der Waals surface area (Å²) >= 11 is 0. The van der Waals surface area contributed by atoms with Crippen molar-refractivity contribution in [2.75, 3.05) is 6.61 Å². The molecule has 74 valence electrons. The van der Waals surface area contributed by atoms with Gasteiger partial charge >= 0.3 is 0 Å². The van der Waals surface area contributed by atoms with Crippen LogP contribution in [0.4, 0.5) is 0 Å². The molecule has 0 fully saturated rings. The van der Waals surface area contributed by atoms with E-state index in [9.17, 15) is 0 Å². The molecule has 2 nitrogen and oxygen atoms in total. The number of nitrogens with zero attached hydrogens (tertiary/aromatic N) is 1. The predicted molar refractivity (Wildman–Crippen MR) is 60.5 cm³/mol. The smallest absolute Gasteiger partial charge is 0.245 e. The molecule has 1 atom stereocenters. The zero-order chi connectivity index (χ0) is 9.72. The predicted octanol–water partition coefficient (Wildman–Crippen LogP) is 1.57. The third kappa shape index (κ3) is 3.84. The van der Waals surface area contributed by atoms with Gasteiger partial charge in [-0.15, -0.1) is 0 Å². The average Bonchev–Trinajstić information content (AvgIpc) is 1.85. The van der Waals surface area contributed by atoms with Crippen molar-refractivity contribution >= 4 is 18.2 Å². The second-order valence-corrected chi connectivity index (χ2v) is 9.20. The lowest BCUT2D eigenvalue weighted by atomic mass is 10.4. The van der Waals surface area contributed by atoms with Gasteiger partial charge in [0.05, 0.1) is 0 Å². The normalized spacial score (nSPS) is 14.8. The van der Waals surface area contributed by atoms with E-state index in [0.29, 0.717) is 6.04 Å².